The second-order valence-corrected chi connectivity index (χ2v) is 13.9. The number of nitrogens with zero attached hydrogens (tertiary/aromatic N) is 3. The molecule has 156 valence electrons. The summed E-state index contributed by atoms with van der Waals surface area (Å²) in [4.78, 5) is 4.24. The molecule has 1 aromatic heterocycles. The van der Waals surface area contributed by atoms with Crippen molar-refractivity contribution in [3.05, 3.63) is 28.2 Å². The lowest BCUT2D eigenvalue weighted by molar-refractivity contribution is 0.421. The minimum Gasteiger partial charge on any atom is -0.598 e. The van der Waals surface area contributed by atoms with Crippen LogP contribution in [0.5, 0.6) is 0 Å². The second kappa shape index (κ2) is 8.19. The van der Waals surface area contributed by atoms with E-state index >= 15 is 0 Å². The first-order chi connectivity index (χ1) is 12.8. The van der Waals surface area contributed by atoms with Gasteiger partial charge in [0.25, 0.3) is 0 Å². The van der Waals surface area contributed by atoms with Gasteiger partial charge in [0.05, 0.1) is 21.6 Å². The van der Waals surface area contributed by atoms with Crippen LogP contribution < -0.4 is 4.72 Å². The maximum absolute atomic E-state index is 14.8. The Morgan fingerprint density at radius 3 is 2.68 bits per heavy atom. The van der Waals surface area contributed by atoms with Crippen LogP contribution in [0, 0.1) is 17.1 Å². The van der Waals surface area contributed by atoms with Gasteiger partial charge in [-0.1, -0.05) is 0 Å². The first kappa shape index (κ1) is 23.5. The lowest BCUT2D eigenvalue weighted by Gasteiger charge is -2.38. The first-order valence-electron chi connectivity index (χ1n) is 8.90. The number of nitrogens with one attached hydrogen (secondary N) is 1. The summed E-state index contributed by atoms with van der Waals surface area (Å²) in [5.41, 5.74) is -1.37. The van der Waals surface area contributed by atoms with E-state index in [4.69, 9.17) is 0 Å². The third kappa shape index (κ3) is 4.70. The van der Waals surface area contributed by atoms with E-state index in [-0.39, 0.29) is 11.4 Å². The highest BCUT2D eigenvalue weighted by Gasteiger charge is 2.48. The van der Waals surface area contributed by atoms with Crippen LogP contribution in [0.15, 0.2) is 21.1 Å². The van der Waals surface area contributed by atoms with Crippen molar-refractivity contribution in [3.63, 3.8) is 0 Å². The molecule has 0 aromatic carbocycles. The summed E-state index contributed by atoms with van der Waals surface area (Å²) in [6.07, 6.45) is 1.11. The lowest BCUT2D eigenvalue weighted by atomic mass is 10.0. The van der Waals surface area contributed by atoms with Crippen LogP contribution in [0.1, 0.15) is 53.2 Å². The average Bonchev–Trinajstić information content (AvgIpc) is 2.58. The van der Waals surface area contributed by atoms with E-state index in [2.05, 4.69) is 36.1 Å². The van der Waals surface area contributed by atoms with Crippen LogP contribution >= 0.6 is 15.9 Å². The molecule has 1 unspecified atom stereocenters. The van der Waals surface area contributed by atoms with E-state index < -0.39 is 41.9 Å². The van der Waals surface area contributed by atoms with Crippen LogP contribution in [0.3, 0.4) is 0 Å². The molecule has 0 bridgehead atoms. The Kier molecular flexibility index (Phi) is 6.88. The van der Waals surface area contributed by atoms with Crippen molar-refractivity contribution in [3.8, 4) is 6.07 Å². The highest BCUT2D eigenvalue weighted by molar-refractivity contribution is 9.10. The monoisotopic (exact) mass is 492 g/mol. The van der Waals surface area contributed by atoms with Crippen LogP contribution in [-0.2, 0) is 26.6 Å². The van der Waals surface area contributed by atoms with Crippen molar-refractivity contribution in [2.45, 2.75) is 62.5 Å². The molecule has 0 fully saturated rings. The smallest absolute Gasteiger partial charge is 0.146 e. The molecule has 1 aromatic rings. The van der Waals surface area contributed by atoms with Crippen molar-refractivity contribution in [2.24, 2.45) is 4.36 Å². The minimum atomic E-state index is -3.06. The number of nitriles is 1. The maximum Gasteiger partial charge on any atom is 0.146 e. The third-order valence-electron chi connectivity index (χ3n) is 4.75. The van der Waals surface area contributed by atoms with Gasteiger partial charge in [0.15, 0.2) is 0 Å². The Labute approximate surface area is 178 Å². The van der Waals surface area contributed by atoms with Crippen molar-refractivity contribution in [1.82, 2.24) is 9.71 Å². The van der Waals surface area contributed by atoms with E-state index in [0.29, 0.717) is 24.0 Å². The molecule has 1 aliphatic rings. The number of aromatic nitrogens is 1. The summed E-state index contributed by atoms with van der Waals surface area (Å²) in [5.74, 6) is -0.784. The van der Waals surface area contributed by atoms with E-state index in [0.717, 1.165) is 0 Å². The molecule has 28 heavy (non-hydrogen) atoms. The predicted molar refractivity (Wildman–Crippen MR) is 114 cm³/mol. The molecule has 1 N–H and O–H groups in total. The molecule has 1 aliphatic heterocycles. The number of hydrogen-bond donors (Lipinski definition) is 1. The summed E-state index contributed by atoms with van der Waals surface area (Å²) in [5, 5.41) is 9.70. The zero-order valence-electron chi connectivity index (χ0n) is 16.7. The van der Waals surface area contributed by atoms with E-state index in [1.165, 1.54) is 12.1 Å². The molecule has 6 nitrogen and oxygen atoms in total. The average molecular weight is 493 g/mol. The van der Waals surface area contributed by atoms with Crippen molar-refractivity contribution in [2.75, 3.05) is 12.3 Å². The fraction of sp³-hybridized carbons (Fsp3) is 0.667. The summed E-state index contributed by atoms with van der Waals surface area (Å²) < 4.78 is 47.3. The molecular weight excluding hydrogens is 467 g/mol. The molecule has 0 aliphatic carbocycles. The fourth-order valence-corrected chi connectivity index (χ4v) is 6.96. The van der Waals surface area contributed by atoms with Gasteiger partial charge in [0.1, 0.15) is 31.1 Å². The van der Waals surface area contributed by atoms with Gasteiger partial charge in [-0.05, 0) is 75.5 Å². The molecule has 0 amide bonds. The predicted octanol–water partition coefficient (Wildman–Crippen LogP) is 3.79. The molecule has 0 saturated carbocycles. The molecule has 0 radical (unpaired) electrons. The van der Waals surface area contributed by atoms with Gasteiger partial charge < -0.3 is 4.55 Å². The highest BCUT2D eigenvalue weighted by Crippen LogP contribution is 2.36. The molecule has 0 spiro atoms. The zero-order chi connectivity index (χ0) is 21.4. The van der Waals surface area contributed by atoms with Gasteiger partial charge >= 0.3 is 0 Å². The van der Waals surface area contributed by atoms with Crippen LogP contribution in [0.4, 0.5) is 4.39 Å². The molecule has 10 heteroatoms. The summed E-state index contributed by atoms with van der Waals surface area (Å²) in [6, 6.07) is 4.87. The highest BCUT2D eigenvalue weighted by atomic mass is 79.9. The normalized spacial score (nSPS) is 28.7. The van der Waals surface area contributed by atoms with Gasteiger partial charge in [-0.25, -0.2) is 17.9 Å². The number of hydrogen-bond acceptors (Lipinski definition) is 6. The molecule has 0 saturated heterocycles. The van der Waals surface area contributed by atoms with Gasteiger partial charge in [0, 0.05) is 17.9 Å². The summed E-state index contributed by atoms with van der Waals surface area (Å²) in [7, 11) is -3.06. The Morgan fingerprint density at radius 1 is 1.46 bits per heavy atom. The van der Waals surface area contributed by atoms with E-state index in [9.17, 15) is 18.4 Å². The van der Waals surface area contributed by atoms with Crippen molar-refractivity contribution < 1.29 is 13.2 Å². The SMILES string of the molecule is CC(C)(C)[S+]([O-])N[C@@](C)(C[S@@]1(=O)=NCCC[C@@]1(C)C#N)c1nc(Br)ccc1F. The summed E-state index contributed by atoms with van der Waals surface area (Å²) >= 11 is 1.65. The van der Waals surface area contributed by atoms with Gasteiger partial charge in [0.2, 0.25) is 0 Å². The second-order valence-electron chi connectivity index (χ2n) is 8.36. The molecular formula is C18H26BrFN4O2S2. The van der Waals surface area contributed by atoms with Gasteiger partial charge in [-0.3, -0.25) is 0 Å². The fourth-order valence-electron chi connectivity index (χ4n) is 2.96. The third-order valence-corrected chi connectivity index (χ3v) is 10.2. The van der Waals surface area contributed by atoms with Crippen LogP contribution in [-0.4, -0.2) is 35.5 Å². The Balaban J connectivity index is 2.62. The standard InChI is InChI=1S/C18H26BrFN4O2S2/c1-16(2,3)27(25)24-18(5,15-13(20)7-8-14(19)23-15)12-28(26)17(4,11-21)9-6-10-22-28/h7-8,24H,6,9-10,12H2,1-5H3/t17-,18-,27?,28-/m0/s1. The Bertz CT molecular complexity index is 908. The van der Waals surface area contributed by atoms with Crippen molar-refractivity contribution in [1.29, 1.82) is 5.26 Å². The van der Waals surface area contributed by atoms with Gasteiger partial charge in [-0.15, -0.1) is 4.72 Å². The number of pyridine rings is 1. The topological polar surface area (TPSA) is 101 Å². The Morgan fingerprint density at radius 2 is 2.11 bits per heavy atom. The quantitative estimate of drug-likeness (QED) is 0.497. The van der Waals surface area contributed by atoms with E-state index in [1.807, 2.05) is 0 Å². The number of rotatable bonds is 5. The zero-order valence-corrected chi connectivity index (χ0v) is 19.9. The number of halogens is 2. The maximum atomic E-state index is 14.8. The minimum absolute atomic E-state index is 0.0109. The molecule has 2 heterocycles. The largest absolute Gasteiger partial charge is 0.598 e. The van der Waals surface area contributed by atoms with E-state index in [1.54, 1.807) is 34.6 Å². The van der Waals surface area contributed by atoms with Crippen molar-refractivity contribution >= 4 is 37.0 Å². The lowest BCUT2D eigenvalue weighted by Crippen LogP contribution is -2.56. The summed E-state index contributed by atoms with van der Waals surface area (Å²) in [6.45, 7) is 8.97. The molecule has 2 rings (SSSR count). The van der Waals surface area contributed by atoms with Crippen LogP contribution in [0.25, 0.3) is 0 Å². The van der Waals surface area contributed by atoms with Gasteiger partial charge in [-0.2, -0.15) is 5.26 Å². The molecule has 4 atom stereocenters. The van der Waals surface area contributed by atoms with Crippen LogP contribution in [0.2, 0.25) is 0 Å². The Hall–Kier alpha value is -0.730. The first-order valence-corrected chi connectivity index (χ1v) is 12.5.